The van der Waals surface area contributed by atoms with Gasteiger partial charge < -0.3 is 31.1 Å². The molecule has 0 bridgehead atoms. The summed E-state index contributed by atoms with van der Waals surface area (Å²) in [5, 5.41) is 43.0. The SMILES string of the molecule is Cl.Cl.O=C(O)c1cc(O)cc(NC2=NCCCCC2)c1.O=C(O)c1cc(O)cc(NC2=NCCCCC2)c1. The Balaban J connectivity index is 0.000000361. The summed E-state index contributed by atoms with van der Waals surface area (Å²) in [6, 6.07) is 8.44. The van der Waals surface area contributed by atoms with Gasteiger partial charge in [-0.3, -0.25) is 9.98 Å². The third kappa shape index (κ3) is 10.9. The first-order valence-electron chi connectivity index (χ1n) is 12.1. The van der Waals surface area contributed by atoms with E-state index >= 15 is 0 Å². The van der Waals surface area contributed by atoms with E-state index in [9.17, 15) is 19.8 Å². The smallest absolute Gasteiger partial charge is 0.335 e. The summed E-state index contributed by atoms with van der Waals surface area (Å²) in [5.41, 5.74) is 1.25. The van der Waals surface area contributed by atoms with Gasteiger partial charge in [-0.15, -0.1) is 24.8 Å². The standard InChI is InChI=1S/2C13H16N2O3.2ClH/c2*16-11-7-9(13(17)18)6-10(8-11)15-12-4-2-1-3-5-14-12;;/h2*6-8,16H,1-5H2,(H,14,15)(H,17,18);2*1H. The third-order valence-electron chi connectivity index (χ3n) is 5.66. The molecule has 0 aromatic heterocycles. The van der Waals surface area contributed by atoms with Crippen molar-refractivity contribution >= 4 is 59.8 Å². The molecule has 10 nitrogen and oxygen atoms in total. The number of aromatic carboxylic acids is 2. The number of carboxylic acid groups (broad SMARTS) is 2. The molecule has 2 aromatic rings. The maximum Gasteiger partial charge on any atom is 0.335 e. The number of halogens is 2. The number of carbonyl (C=O) groups is 2. The predicted octanol–water partition coefficient (Wildman–Crippen LogP) is 5.79. The van der Waals surface area contributed by atoms with Crippen LogP contribution < -0.4 is 10.6 Å². The normalized spacial score (nSPS) is 14.8. The van der Waals surface area contributed by atoms with Gasteiger partial charge in [0.2, 0.25) is 0 Å². The number of aromatic hydroxyl groups is 2. The Morgan fingerprint density at radius 1 is 0.605 bits per heavy atom. The second-order valence-corrected chi connectivity index (χ2v) is 8.68. The second-order valence-electron chi connectivity index (χ2n) is 8.68. The zero-order valence-corrected chi connectivity index (χ0v) is 22.5. The van der Waals surface area contributed by atoms with Gasteiger partial charge in [0.1, 0.15) is 23.2 Å². The molecule has 0 spiro atoms. The Hall–Kier alpha value is -3.50. The summed E-state index contributed by atoms with van der Waals surface area (Å²) in [7, 11) is 0. The van der Waals surface area contributed by atoms with E-state index in [0.717, 1.165) is 76.1 Å². The predicted molar refractivity (Wildman–Crippen MR) is 153 cm³/mol. The van der Waals surface area contributed by atoms with Gasteiger partial charge in [-0.2, -0.15) is 0 Å². The summed E-state index contributed by atoms with van der Waals surface area (Å²) in [6.07, 6.45) is 8.38. The molecule has 208 valence electrons. The molecular formula is C26H34Cl2N4O6. The fraction of sp³-hybridized carbons (Fsp3) is 0.385. The number of rotatable bonds is 4. The first-order chi connectivity index (χ1) is 17.3. The van der Waals surface area contributed by atoms with Gasteiger partial charge in [0, 0.05) is 49.4 Å². The van der Waals surface area contributed by atoms with Crippen molar-refractivity contribution in [3.63, 3.8) is 0 Å². The molecule has 38 heavy (non-hydrogen) atoms. The lowest BCUT2D eigenvalue weighted by Gasteiger charge is -2.09. The zero-order chi connectivity index (χ0) is 25.9. The lowest BCUT2D eigenvalue weighted by molar-refractivity contribution is 0.0686. The van der Waals surface area contributed by atoms with Crippen molar-refractivity contribution in [2.75, 3.05) is 23.7 Å². The van der Waals surface area contributed by atoms with Gasteiger partial charge in [0.05, 0.1) is 11.1 Å². The van der Waals surface area contributed by atoms with Crippen LogP contribution in [0.1, 0.15) is 72.1 Å². The number of hydrogen-bond acceptors (Lipinski definition) is 8. The molecule has 0 saturated heterocycles. The van der Waals surface area contributed by atoms with Crippen LogP contribution in [0.4, 0.5) is 11.4 Å². The first kappa shape index (κ1) is 32.5. The Morgan fingerprint density at radius 3 is 1.37 bits per heavy atom. The van der Waals surface area contributed by atoms with Crippen molar-refractivity contribution in [1.82, 2.24) is 0 Å². The number of aliphatic imine (C=N–C) groups is 2. The maximum atomic E-state index is 10.9. The minimum atomic E-state index is -1.06. The quantitative estimate of drug-likeness (QED) is 0.269. The second kappa shape index (κ2) is 16.4. The van der Waals surface area contributed by atoms with E-state index in [2.05, 4.69) is 20.6 Å². The van der Waals surface area contributed by atoms with Gasteiger partial charge in [0.15, 0.2) is 0 Å². The fourth-order valence-electron chi connectivity index (χ4n) is 3.90. The monoisotopic (exact) mass is 568 g/mol. The van der Waals surface area contributed by atoms with Gasteiger partial charge in [-0.1, -0.05) is 12.8 Å². The number of phenolic OH excluding ortho intramolecular Hbond substituents is 2. The molecule has 2 aliphatic heterocycles. The molecule has 2 heterocycles. The minimum Gasteiger partial charge on any atom is -0.508 e. The highest BCUT2D eigenvalue weighted by Crippen LogP contribution is 2.22. The lowest BCUT2D eigenvalue weighted by Crippen LogP contribution is -2.12. The number of amidine groups is 2. The van der Waals surface area contributed by atoms with E-state index in [4.69, 9.17) is 10.2 Å². The molecule has 0 fully saturated rings. The Kier molecular flexibility index (Phi) is 14.0. The number of benzene rings is 2. The average molecular weight is 569 g/mol. The largest absolute Gasteiger partial charge is 0.508 e. The van der Waals surface area contributed by atoms with Crippen LogP contribution in [0.15, 0.2) is 46.4 Å². The van der Waals surface area contributed by atoms with E-state index in [1.165, 1.54) is 36.4 Å². The summed E-state index contributed by atoms with van der Waals surface area (Å²) >= 11 is 0. The van der Waals surface area contributed by atoms with Crippen molar-refractivity contribution in [3.8, 4) is 11.5 Å². The Morgan fingerprint density at radius 2 is 1.00 bits per heavy atom. The van der Waals surface area contributed by atoms with Crippen molar-refractivity contribution in [3.05, 3.63) is 47.5 Å². The number of nitrogens with zero attached hydrogens (tertiary/aromatic N) is 2. The molecule has 0 radical (unpaired) electrons. The van der Waals surface area contributed by atoms with Crippen LogP contribution in [0.5, 0.6) is 11.5 Å². The molecular weight excluding hydrogens is 535 g/mol. The van der Waals surface area contributed by atoms with Crippen LogP contribution >= 0.6 is 24.8 Å². The van der Waals surface area contributed by atoms with Crippen molar-refractivity contribution in [2.24, 2.45) is 9.98 Å². The summed E-state index contributed by atoms with van der Waals surface area (Å²) in [5.74, 6) is -0.532. The van der Waals surface area contributed by atoms with Gasteiger partial charge >= 0.3 is 11.9 Å². The van der Waals surface area contributed by atoms with Crippen LogP contribution in [0.3, 0.4) is 0 Å². The molecule has 6 N–H and O–H groups in total. The number of carboxylic acids is 2. The summed E-state index contributed by atoms with van der Waals surface area (Å²) in [6.45, 7) is 1.60. The number of phenols is 2. The molecule has 2 aliphatic rings. The highest BCUT2D eigenvalue weighted by Gasteiger charge is 2.11. The van der Waals surface area contributed by atoms with E-state index in [-0.39, 0.29) is 47.4 Å². The number of hydrogen-bond donors (Lipinski definition) is 6. The Bertz CT molecular complexity index is 1070. The van der Waals surface area contributed by atoms with Crippen LogP contribution in [-0.4, -0.2) is 57.1 Å². The molecule has 0 aliphatic carbocycles. The number of anilines is 2. The highest BCUT2D eigenvalue weighted by molar-refractivity contribution is 5.98. The molecule has 12 heteroatoms. The number of nitrogens with one attached hydrogen (secondary N) is 2. The van der Waals surface area contributed by atoms with Crippen molar-refractivity contribution < 1.29 is 30.0 Å². The van der Waals surface area contributed by atoms with E-state index in [1.807, 2.05) is 0 Å². The van der Waals surface area contributed by atoms with Crippen molar-refractivity contribution in [1.29, 1.82) is 0 Å². The molecule has 4 rings (SSSR count). The van der Waals surface area contributed by atoms with Gasteiger partial charge in [-0.05, 0) is 49.9 Å². The highest BCUT2D eigenvalue weighted by atomic mass is 35.5. The van der Waals surface area contributed by atoms with Crippen LogP contribution in [-0.2, 0) is 0 Å². The maximum absolute atomic E-state index is 10.9. The van der Waals surface area contributed by atoms with Crippen LogP contribution in [0.25, 0.3) is 0 Å². The van der Waals surface area contributed by atoms with E-state index < -0.39 is 11.9 Å². The molecule has 0 saturated carbocycles. The third-order valence-corrected chi connectivity index (χ3v) is 5.66. The van der Waals surface area contributed by atoms with Gasteiger partial charge in [-0.25, -0.2) is 9.59 Å². The lowest BCUT2D eigenvalue weighted by atomic mass is 10.1. The molecule has 0 amide bonds. The zero-order valence-electron chi connectivity index (χ0n) is 20.9. The van der Waals surface area contributed by atoms with Crippen LogP contribution in [0, 0.1) is 0 Å². The van der Waals surface area contributed by atoms with E-state index in [1.54, 1.807) is 0 Å². The summed E-state index contributed by atoms with van der Waals surface area (Å²) in [4.78, 5) is 30.6. The van der Waals surface area contributed by atoms with Gasteiger partial charge in [0.25, 0.3) is 0 Å². The fourth-order valence-corrected chi connectivity index (χ4v) is 3.90. The topological polar surface area (TPSA) is 164 Å². The van der Waals surface area contributed by atoms with E-state index in [0.29, 0.717) is 11.4 Å². The first-order valence-corrected chi connectivity index (χ1v) is 12.1. The van der Waals surface area contributed by atoms with Crippen molar-refractivity contribution in [2.45, 2.75) is 51.4 Å². The molecule has 2 aromatic carbocycles. The Labute approximate surface area is 233 Å². The molecule has 0 unspecified atom stereocenters. The minimum absolute atomic E-state index is 0. The molecule has 0 atom stereocenters. The summed E-state index contributed by atoms with van der Waals surface area (Å²) < 4.78 is 0. The average Bonchev–Trinajstić information content (AvgIpc) is 3.24. The van der Waals surface area contributed by atoms with Crippen LogP contribution in [0.2, 0.25) is 0 Å².